The van der Waals surface area contributed by atoms with Gasteiger partial charge in [-0.3, -0.25) is 4.79 Å². The first-order valence-corrected chi connectivity index (χ1v) is 5.01. The topological polar surface area (TPSA) is 67.8 Å². The molecule has 18 heavy (non-hydrogen) atoms. The SMILES string of the molecule is COc1cc(F)c(C(O)CNC=O)c(F)c1OC. The first-order chi connectivity index (χ1) is 8.56. The molecule has 0 aromatic heterocycles. The Morgan fingerprint density at radius 2 is 2.11 bits per heavy atom. The van der Waals surface area contributed by atoms with Gasteiger partial charge in [0.05, 0.1) is 19.8 Å². The van der Waals surface area contributed by atoms with Gasteiger partial charge in [-0.2, -0.15) is 0 Å². The fourth-order valence-electron chi connectivity index (χ4n) is 1.50. The summed E-state index contributed by atoms with van der Waals surface area (Å²) in [6.07, 6.45) is -1.20. The van der Waals surface area contributed by atoms with Crippen molar-refractivity contribution >= 4 is 6.41 Å². The molecule has 7 heteroatoms. The number of hydrogen-bond donors (Lipinski definition) is 2. The molecule has 0 saturated heterocycles. The van der Waals surface area contributed by atoms with Gasteiger partial charge in [-0.05, 0) is 0 Å². The van der Waals surface area contributed by atoms with Crippen LogP contribution < -0.4 is 14.8 Å². The standard InChI is InChI=1S/C11H13F2NO4/c1-17-8-3-6(12)9(7(16)4-14-5-15)10(13)11(8)18-2/h3,5,7,16H,4H2,1-2H3,(H,14,15). The molecule has 0 aliphatic rings. The summed E-state index contributed by atoms with van der Waals surface area (Å²) < 4.78 is 37.1. The molecule has 0 saturated carbocycles. The van der Waals surface area contributed by atoms with Crippen LogP contribution in [-0.4, -0.2) is 32.3 Å². The zero-order valence-electron chi connectivity index (χ0n) is 9.87. The molecule has 2 N–H and O–H groups in total. The van der Waals surface area contributed by atoms with E-state index in [4.69, 9.17) is 9.47 Å². The van der Waals surface area contributed by atoms with E-state index in [-0.39, 0.29) is 18.0 Å². The normalized spacial score (nSPS) is 11.8. The van der Waals surface area contributed by atoms with E-state index in [1.807, 2.05) is 0 Å². The minimum absolute atomic E-state index is 0.119. The quantitative estimate of drug-likeness (QED) is 0.742. The number of benzene rings is 1. The van der Waals surface area contributed by atoms with E-state index < -0.39 is 23.3 Å². The number of ether oxygens (including phenoxy) is 2. The molecule has 0 heterocycles. The Hall–Kier alpha value is -1.89. The zero-order chi connectivity index (χ0) is 13.7. The van der Waals surface area contributed by atoms with Crippen molar-refractivity contribution in [1.82, 2.24) is 5.32 Å². The average molecular weight is 261 g/mol. The number of rotatable bonds is 6. The Morgan fingerprint density at radius 1 is 1.44 bits per heavy atom. The third-order valence-electron chi connectivity index (χ3n) is 2.33. The Kier molecular flexibility index (Phi) is 4.85. The van der Waals surface area contributed by atoms with Crippen molar-refractivity contribution in [2.75, 3.05) is 20.8 Å². The van der Waals surface area contributed by atoms with Crippen molar-refractivity contribution in [2.45, 2.75) is 6.10 Å². The third kappa shape index (κ3) is 2.67. The minimum atomic E-state index is -1.52. The van der Waals surface area contributed by atoms with E-state index in [0.29, 0.717) is 6.41 Å². The van der Waals surface area contributed by atoms with Gasteiger partial charge >= 0.3 is 0 Å². The largest absolute Gasteiger partial charge is 0.493 e. The molecule has 0 fully saturated rings. The Balaban J connectivity index is 3.23. The maximum absolute atomic E-state index is 13.9. The number of halogens is 2. The van der Waals surface area contributed by atoms with Crippen molar-refractivity contribution in [3.63, 3.8) is 0 Å². The van der Waals surface area contributed by atoms with Crippen LogP contribution in [0.5, 0.6) is 11.5 Å². The molecule has 100 valence electrons. The lowest BCUT2D eigenvalue weighted by Crippen LogP contribution is -2.21. The molecule has 1 amide bonds. The predicted molar refractivity (Wildman–Crippen MR) is 58.5 cm³/mol. The summed E-state index contributed by atoms with van der Waals surface area (Å²) in [5.74, 6) is -2.47. The van der Waals surface area contributed by atoms with Crippen LogP contribution in [0.2, 0.25) is 0 Å². The summed E-state index contributed by atoms with van der Waals surface area (Å²) in [5, 5.41) is 11.7. The number of aliphatic hydroxyl groups is 1. The van der Waals surface area contributed by atoms with E-state index in [2.05, 4.69) is 5.32 Å². The van der Waals surface area contributed by atoms with Gasteiger partial charge in [-0.1, -0.05) is 0 Å². The maximum Gasteiger partial charge on any atom is 0.207 e. The molecule has 0 radical (unpaired) electrons. The highest BCUT2D eigenvalue weighted by Gasteiger charge is 2.24. The van der Waals surface area contributed by atoms with Crippen LogP contribution in [0.3, 0.4) is 0 Å². The molecule has 0 bridgehead atoms. The van der Waals surface area contributed by atoms with Gasteiger partial charge < -0.3 is 19.9 Å². The third-order valence-corrected chi connectivity index (χ3v) is 2.33. The molecule has 0 aliphatic heterocycles. The molecular formula is C11H13F2NO4. The molecule has 0 spiro atoms. The second kappa shape index (κ2) is 6.15. The lowest BCUT2D eigenvalue weighted by molar-refractivity contribution is -0.110. The van der Waals surface area contributed by atoms with Crippen LogP contribution in [0.4, 0.5) is 8.78 Å². The van der Waals surface area contributed by atoms with Gasteiger partial charge in [-0.25, -0.2) is 8.78 Å². The molecule has 1 unspecified atom stereocenters. The van der Waals surface area contributed by atoms with E-state index in [9.17, 15) is 18.7 Å². The van der Waals surface area contributed by atoms with Gasteiger partial charge in [0.1, 0.15) is 11.9 Å². The lowest BCUT2D eigenvalue weighted by atomic mass is 10.1. The number of carbonyl (C=O) groups excluding carboxylic acids is 1. The van der Waals surface area contributed by atoms with Gasteiger partial charge in [-0.15, -0.1) is 0 Å². The van der Waals surface area contributed by atoms with Crippen LogP contribution in [0.25, 0.3) is 0 Å². The van der Waals surface area contributed by atoms with Crippen LogP contribution in [0.15, 0.2) is 6.07 Å². The van der Waals surface area contributed by atoms with Gasteiger partial charge in [0.25, 0.3) is 0 Å². The number of carbonyl (C=O) groups is 1. The van der Waals surface area contributed by atoms with Crippen LogP contribution >= 0.6 is 0 Å². The van der Waals surface area contributed by atoms with E-state index in [1.54, 1.807) is 0 Å². The number of methoxy groups -OCH3 is 2. The summed E-state index contributed by atoms with van der Waals surface area (Å²) in [6.45, 7) is -0.313. The number of amides is 1. The fourth-order valence-corrected chi connectivity index (χ4v) is 1.50. The van der Waals surface area contributed by atoms with Gasteiger partial charge in [0.15, 0.2) is 17.3 Å². The fraction of sp³-hybridized carbons (Fsp3) is 0.364. The van der Waals surface area contributed by atoms with Crippen molar-refractivity contribution in [2.24, 2.45) is 0 Å². The highest BCUT2D eigenvalue weighted by Crippen LogP contribution is 2.36. The highest BCUT2D eigenvalue weighted by molar-refractivity contribution is 5.48. The smallest absolute Gasteiger partial charge is 0.207 e. The predicted octanol–water partition coefficient (Wildman–Crippen LogP) is 0.761. The molecule has 1 rings (SSSR count). The average Bonchev–Trinajstić information content (AvgIpc) is 2.35. The Labute approximate surface area is 102 Å². The van der Waals surface area contributed by atoms with Crippen LogP contribution in [0.1, 0.15) is 11.7 Å². The molecule has 1 aromatic rings. The van der Waals surface area contributed by atoms with Gasteiger partial charge in [0, 0.05) is 12.6 Å². The number of nitrogens with one attached hydrogen (secondary N) is 1. The van der Waals surface area contributed by atoms with Crippen molar-refractivity contribution < 1.29 is 28.2 Å². The summed E-state index contributed by atoms with van der Waals surface area (Å²) >= 11 is 0. The maximum atomic E-state index is 13.9. The number of hydrogen-bond acceptors (Lipinski definition) is 4. The molecule has 0 aliphatic carbocycles. The zero-order valence-corrected chi connectivity index (χ0v) is 9.87. The Morgan fingerprint density at radius 3 is 2.61 bits per heavy atom. The first-order valence-electron chi connectivity index (χ1n) is 5.01. The molecule has 1 aromatic carbocycles. The van der Waals surface area contributed by atoms with Crippen LogP contribution in [0, 0.1) is 11.6 Å². The summed E-state index contributed by atoms with van der Waals surface area (Å²) in [7, 11) is 2.43. The molecule has 1 atom stereocenters. The summed E-state index contributed by atoms with van der Waals surface area (Å²) in [5.41, 5.74) is -0.581. The monoisotopic (exact) mass is 261 g/mol. The van der Waals surface area contributed by atoms with Gasteiger partial charge in [0.2, 0.25) is 6.41 Å². The van der Waals surface area contributed by atoms with Crippen LogP contribution in [-0.2, 0) is 4.79 Å². The number of aliphatic hydroxyl groups excluding tert-OH is 1. The Bertz CT molecular complexity index is 440. The summed E-state index contributed by atoms with van der Waals surface area (Å²) in [4.78, 5) is 10.1. The second-order valence-electron chi connectivity index (χ2n) is 3.36. The lowest BCUT2D eigenvalue weighted by Gasteiger charge is -2.16. The minimum Gasteiger partial charge on any atom is -0.493 e. The summed E-state index contributed by atoms with van der Waals surface area (Å²) in [6, 6.07) is 0.904. The highest BCUT2D eigenvalue weighted by atomic mass is 19.1. The van der Waals surface area contributed by atoms with Crippen molar-refractivity contribution in [3.05, 3.63) is 23.3 Å². The van der Waals surface area contributed by atoms with E-state index >= 15 is 0 Å². The second-order valence-corrected chi connectivity index (χ2v) is 3.36. The van der Waals surface area contributed by atoms with E-state index in [0.717, 1.165) is 6.07 Å². The van der Waals surface area contributed by atoms with Crippen molar-refractivity contribution in [1.29, 1.82) is 0 Å². The molecular weight excluding hydrogens is 248 g/mol. The molecule has 5 nitrogen and oxygen atoms in total. The van der Waals surface area contributed by atoms with Crippen molar-refractivity contribution in [3.8, 4) is 11.5 Å². The first kappa shape index (κ1) is 14.2. The van der Waals surface area contributed by atoms with E-state index in [1.165, 1.54) is 14.2 Å².